The third kappa shape index (κ3) is 6.95. The minimum Gasteiger partial charge on any atom is -0.481 e. The molecular weight excluding hydrogens is 320 g/mol. The molecule has 1 unspecified atom stereocenters. The zero-order valence-electron chi connectivity index (χ0n) is 15.4. The van der Waals surface area contributed by atoms with Crippen molar-refractivity contribution >= 4 is 17.8 Å². The Bertz CT molecular complexity index is 603. The topological polar surface area (TPSA) is 95.5 Å². The van der Waals surface area contributed by atoms with E-state index in [0.717, 1.165) is 12.0 Å². The molecule has 6 heteroatoms. The van der Waals surface area contributed by atoms with Crippen molar-refractivity contribution in [3.63, 3.8) is 0 Å². The van der Waals surface area contributed by atoms with E-state index in [2.05, 4.69) is 10.6 Å². The highest BCUT2D eigenvalue weighted by Crippen LogP contribution is 2.13. The van der Waals surface area contributed by atoms with E-state index in [0.29, 0.717) is 18.5 Å². The number of amides is 2. The molecule has 0 aliphatic carbocycles. The molecule has 25 heavy (non-hydrogen) atoms. The molecule has 0 fully saturated rings. The lowest BCUT2D eigenvalue weighted by molar-refractivity contribution is -0.141. The van der Waals surface area contributed by atoms with E-state index in [4.69, 9.17) is 5.11 Å². The second-order valence-corrected chi connectivity index (χ2v) is 7.16. The molecule has 0 radical (unpaired) electrons. The smallest absolute Gasteiger partial charge is 0.308 e. The first-order valence-electron chi connectivity index (χ1n) is 8.53. The maximum atomic E-state index is 12.1. The molecule has 0 aromatic heterocycles. The van der Waals surface area contributed by atoms with Gasteiger partial charge < -0.3 is 15.7 Å². The second kappa shape index (κ2) is 9.20. The Labute approximate surface area is 149 Å². The van der Waals surface area contributed by atoms with E-state index in [-0.39, 0.29) is 18.4 Å². The number of carboxylic acids is 1. The molecule has 0 heterocycles. The van der Waals surface area contributed by atoms with Crippen molar-refractivity contribution in [3.05, 3.63) is 35.4 Å². The molecule has 2 amide bonds. The van der Waals surface area contributed by atoms with Gasteiger partial charge in [0.05, 0.1) is 5.92 Å². The summed E-state index contributed by atoms with van der Waals surface area (Å²) in [7, 11) is 0. The van der Waals surface area contributed by atoms with Crippen molar-refractivity contribution in [2.75, 3.05) is 6.54 Å². The zero-order valence-corrected chi connectivity index (χ0v) is 15.4. The zero-order chi connectivity index (χ0) is 19.0. The van der Waals surface area contributed by atoms with Crippen LogP contribution >= 0.6 is 0 Å². The average molecular weight is 348 g/mol. The molecule has 0 aliphatic rings. The van der Waals surface area contributed by atoms with E-state index >= 15 is 0 Å². The highest BCUT2D eigenvalue weighted by atomic mass is 16.4. The van der Waals surface area contributed by atoms with Gasteiger partial charge in [0, 0.05) is 24.1 Å². The van der Waals surface area contributed by atoms with E-state index in [1.807, 2.05) is 27.7 Å². The van der Waals surface area contributed by atoms with Crippen LogP contribution < -0.4 is 10.6 Å². The molecule has 6 nitrogen and oxygen atoms in total. The minimum atomic E-state index is -0.896. The van der Waals surface area contributed by atoms with Gasteiger partial charge in [-0.3, -0.25) is 14.4 Å². The first-order chi connectivity index (χ1) is 11.6. The Hall–Kier alpha value is -2.37. The van der Waals surface area contributed by atoms with E-state index in [9.17, 15) is 14.4 Å². The molecule has 1 rings (SSSR count). The summed E-state index contributed by atoms with van der Waals surface area (Å²) in [6.07, 6.45) is 1.28. The number of benzene rings is 1. The number of carboxylic acid groups (broad SMARTS) is 1. The molecule has 0 saturated carbocycles. The molecule has 1 aromatic rings. The van der Waals surface area contributed by atoms with Gasteiger partial charge in [-0.2, -0.15) is 0 Å². The first kappa shape index (κ1) is 20.7. The fourth-order valence-electron chi connectivity index (χ4n) is 2.20. The lowest BCUT2D eigenvalue weighted by Gasteiger charge is -2.17. The van der Waals surface area contributed by atoms with Crippen molar-refractivity contribution in [2.45, 2.75) is 47.1 Å². The van der Waals surface area contributed by atoms with Crippen LogP contribution in [-0.2, 0) is 16.1 Å². The number of carbonyl (C=O) groups is 3. The predicted molar refractivity (Wildman–Crippen MR) is 96.1 cm³/mol. The molecule has 1 aromatic carbocycles. The third-order valence-corrected chi connectivity index (χ3v) is 3.85. The summed E-state index contributed by atoms with van der Waals surface area (Å²) >= 11 is 0. The summed E-state index contributed by atoms with van der Waals surface area (Å²) in [4.78, 5) is 35.1. The predicted octanol–water partition coefficient (Wildman–Crippen LogP) is 2.58. The molecule has 0 spiro atoms. The van der Waals surface area contributed by atoms with Crippen molar-refractivity contribution < 1.29 is 19.5 Å². The summed E-state index contributed by atoms with van der Waals surface area (Å²) in [6, 6.07) is 6.89. The highest BCUT2D eigenvalue weighted by Gasteiger charge is 2.20. The quantitative estimate of drug-likeness (QED) is 0.673. The van der Waals surface area contributed by atoms with Crippen LogP contribution in [0.3, 0.4) is 0 Å². The first-order valence-corrected chi connectivity index (χ1v) is 8.53. The van der Waals surface area contributed by atoms with Crippen LogP contribution in [0.2, 0.25) is 0 Å². The molecule has 138 valence electrons. The third-order valence-electron chi connectivity index (χ3n) is 3.85. The standard InChI is InChI=1S/C19H28N2O4/c1-5-6-15(17(23)24)12-20-16(22)14-9-7-13(8-10-14)11-21-18(25)19(2,3)4/h7-10,15H,5-6,11-12H2,1-4H3,(H,20,22)(H,21,25)(H,23,24). The van der Waals surface area contributed by atoms with Crippen LogP contribution in [0.5, 0.6) is 0 Å². The van der Waals surface area contributed by atoms with Crippen LogP contribution in [0.25, 0.3) is 0 Å². The Kier molecular flexibility index (Phi) is 7.61. The lowest BCUT2D eigenvalue weighted by atomic mass is 9.95. The van der Waals surface area contributed by atoms with E-state index in [1.165, 1.54) is 0 Å². The number of nitrogens with one attached hydrogen (secondary N) is 2. The average Bonchev–Trinajstić information content (AvgIpc) is 2.55. The van der Waals surface area contributed by atoms with E-state index in [1.54, 1.807) is 24.3 Å². The van der Waals surface area contributed by atoms with Crippen LogP contribution in [0, 0.1) is 11.3 Å². The summed E-state index contributed by atoms with van der Waals surface area (Å²) in [5.41, 5.74) is 0.911. The number of carbonyl (C=O) groups excluding carboxylic acids is 2. The highest BCUT2D eigenvalue weighted by molar-refractivity contribution is 5.94. The normalized spacial score (nSPS) is 12.3. The molecule has 0 aliphatic heterocycles. The van der Waals surface area contributed by atoms with Gasteiger partial charge in [-0.25, -0.2) is 0 Å². The van der Waals surface area contributed by atoms with Crippen LogP contribution in [0.1, 0.15) is 56.5 Å². The molecule has 3 N–H and O–H groups in total. The van der Waals surface area contributed by atoms with Crippen molar-refractivity contribution in [3.8, 4) is 0 Å². The van der Waals surface area contributed by atoms with Gasteiger partial charge in [0.1, 0.15) is 0 Å². The minimum absolute atomic E-state index is 0.0371. The maximum Gasteiger partial charge on any atom is 0.308 e. The molecule has 1 atom stereocenters. The van der Waals surface area contributed by atoms with Crippen LogP contribution in [0.4, 0.5) is 0 Å². The van der Waals surface area contributed by atoms with Gasteiger partial charge in [-0.1, -0.05) is 46.2 Å². The lowest BCUT2D eigenvalue weighted by Crippen LogP contribution is -2.34. The van der Waals surface area contributed by atoms with Crippen molar-refractivity contribution in [1.29, 1.82) is 0 Å². The summed E-state index contributed by atoms with van der Waals surface area (Å²) in [6.45, 7) is 7.96. The largest absolute Gasteiger partial charge is 0.481 e. The molecule has 0 saturated heterocycles. The Morgan fingerprint density at radius 1 is 1.08 bits per heavy atom. The number of hydrogen-bond donors (Lipinski definition) is 3. The SMILES string of the molecule is CCCC(CNC(=O)c1ccc(CNC(=O)C(C)(C)C)cc1)C(=O)O. The number of rotatable bonds is 8. The number of aliphatic carboxylic acids is 1. The van der Waals surface area contributed by atoms with Gasteiger partial charge in [0.2, 0.25) is 5.91 Å². The van der Waals surface area contributed by atoms with Gasteiger partial charge in [0.25, 0.3) is 5.91 Å². The Balaban J connectivity index is 2.56. The second-order valence-electron chi connectivity index (χ2n) is 7.16. The summed E-state index contributed by atoms with van der Waals surface area (Å²) < 4.78 is 0. The fourth-order valence-corrected chi connectivity index (χ4v) is 2.20. The van der Waals surface area contributed by atoms with Crippen molar-refractivity contribution in [1.82, 2.24) is 10.6 Å². The molecular formula is C19H28N2O4. The van der Waals surface area contributed by atoms with Crippen molar-refractivity contribution in [2.24, 2.45) is 11.3 Å². The maximum absolute atomic E-state index is 12.1. The van der Waals surface area contributed by atoms with Crippen LogP contribution in [0.15, 0.2) is 24.3 Å². The Morgan fingerprint density at radius 3 is 2.16 bits per heavy atom. The molecule has 0 bridgehead atoms. The summed E-state index contributed by atoms with van der Waals surface area (Å²) in [5.74, 6) is -1.80. The van der Waals surface area contributed by atoms with Gasteiger partial charge in [0.15, 0.2) is 0 Å². The van der Waals surface area contributed by atoms with Crippen LogP contribution in [-0.4, -0.2) is 29.4 Å². The van der Waals surface area contributed by atoms with Gasteiger partial charge in [-0.05, 0) is 24.1 Å². The number of hydrogen-bond acceptors (Lipinski definition) is 3. The monoisotopic (exact) mass is 348 g/mol. The summed E-state index contributed by atoms with van der Waals surface area (Å²) in [5, 5.41) is 14.6. The fraction of sp³-hybridized carbons (Fsp3) is 0.526. The van der Waals surface area contributed by atoms with Gasteiger partial charge >= 0.3 is 5.97 Å². The van der Waals surface area contributed by atoms with E-state index < -0.39 is 17.3 Å². The Morgan fingerprint density at radius 2 is 1.68 bits per heavy atom. The van der Waals surface area contributed by atoms with Gasteiger partial charge in [-0.15, -0.1) is 0 Å².